The predicted molar refractivity (Wildman–Crippen MR) is 252 cm³/mol. The van der Waals surface area contributed by atoms with Crippen LogP contribution in [0.4, 0.5) is 0 Å². The summed E-state index contributed by atoms with van der Waals surface area (Å²) >= 11 is 55.4. The Morgan fingerprint density at radius 2 is 0.574 bits per heavy atom. The van der Waals surface area contributed by atoms with Gasteiger partial charge in [-0.1, -0.05) is 141 Å². The quantitative estimate of drug-likeness (QED) is 0.177. The van der Waals surface area contributed by atoms with Crippen LogP contribution in [0.15, 0.2) is 97.1 Å². The van der Waals surface area contributed by atoms with Crippen LogP contribution in [0.5, 0.6) is 0 Å². The summed E-state index contributed by atoms with van der Waals surface area (Å²) in [5, 5.41) is 10.7. The van der Waals surface area contributed by atoms with E-state index in [0.717, 1.165) is 6.92 Å². The van der Waals surface area contributed by atoms with E-state index in [4.69, 9.17) is 123 Å². The molecule has 2 aliphatic heterocycles. The van der Waals surface area contributed by atoms with Gasteiger partial charge in [0, 0.05) is 69.4 Å². The van der Waals surface area contributed by atoms with Crippen LogP contribution in [0.2, 0.25) is 40.2 Å². The minimum Gasteiger partial charge on any atom is -0.657 e. The van der Waals surface area contributed by atoms with Gasteiger partial charge in [-0.3, -0.25) is 4.79 Å². The Morgan fingerprint density at radius 3 is 0.754 bits per heavy atom. The monoisotopic (exact) mass is 999 g/mol. The van der Waals surface area contributed by atoms with E-state index in [-0.39, 0.29) is 17.1 Å². The number of aliphatic carboxylic acids is 1. The number of fused-ring (bicyclic) bond motifs is 8. The van der Waals surface area contributed by atoms with Gasteiger partial charge in [0.05, 0.1) is 22.8 Å². The number of carboxylic acids is 1. The summed E-state index contributed by atoms with van der Waals surface area (Å²) in [6, 6.07) is 28.8. The number of halogens is 8. The fourth-order valence-corrected chi connectivity index (χ4v) is 9.40. The fraction of sp³-hybridized carbons (Fsp3) is 0.0217. The van der Waals surface area contributed by atoms with Gasteiger partial charge in [0.1, 0.15) is 0 Å². The van der Waals surface area contributed by atoms with E-state index in [1.807, 2.05) is 48.6 Å². The Balaban J connectivity index is 0.00000108. The summed E-state index contributed by atoms with van der Waals surface area (Å²) in [6.45, 7) is 1.08. The molecule has 8 bridgehead atoms. The molecule has 0 fully saturated rings. The van der Waals surface area contributed by atoms with Gasteiger partial charge in [-0.2, -0.15) is 0 Å². The molecule has 15 heteroatoms. The van der Waals surface area contributed by atoms with E-state index in [2.05, 4.69) is 0 Å². The third-order valence-corrected chi connectivity index (χ3v) is 12.0. The molecule has 3 aromatic heterocycles. The first kappa shape index (κ1) is 44.8. The van der Waals surface area contributed by atoms with Crippen molar-refractivity contribution >= 4 is 145 Å². The summed E-state index contributed by atoms with van der Waals surface area (Å²) in [4.78, 5) is 29.8. The minimum absolute atomic E-state index is 0. The number of nitrogens with zero attached hydrogens (tertiary/aromatic N) is 4. The molecule has 0 unspecified atom stereocenters. The van der Waals surface area contributed by atoms with Crippen molar-refractivity contribution in [2.45, 2.75) is 6.92 Å². The molecule has 61 heavy (non-hydrogen) atoms. The van der Waals surface area contributed by atoms with Crippen LogP contribution in [-0.4, -0.2) is 21.0 Å². The van der Waals surface area contributed by atoms with E-state index in [1.165, 1.54) is 0 Å². The molecule has 0 atom stereocenters. The van der Waals surface area contributed by atoms with Gasteiger partial charge in [-0.05, 0) is 95.1 Å². The Morgan fingerprint density at radius 1 is 0.393 bits per heavy atom. The molecule has 0 saturated carbocycles. The van der Waals surface area contributed by atoms with Crippen molar-refractivity contribution in [1.82, 2.24) is 19.9 Å². The maximum Gasteiger partial charge on any atom is 2.00 e. The summed E-state index contributed by atoms with van der Waals surface area (Å²) in [6.07, 6.45) is 7.53. The first-order valence-electron chi connectivity index (χ1n) is 17.8. The van der Waals surface area contributed by atoms with Crippen LogP contribution in [0, 0.1) is 0 Å². The number of benzene rings is 4. The Labute approximate surface area is 400 Å². The predicted octanol–water partition coefficient (Wildman–Crippen LogP) is 15.9. The van der Waals surface area contributed by atoms with Gasteiger partial charge >= 0.3 is 17.1 Å². The second-order valence-corrected chi connectivity index (χ2v) is 16.5. The van der Waals surface area contributed by atoms with Gasteiger partial charge < -0.3 is 15.1 Å². The largest absolute Gasteiger partial charge is 2.00 e. The average molecular weight is 1000 g/mol. The molecule has 0 saturated heterocycles. The summed E-state index contributed by atoms with van der Waals surface area (Å²) in [5.41, 5.74) is 8.93. The van der Waals surface area contributed by atoms with Crippen molar-refractivity contribution in [3.63, 3.8) is 0 Å². The van der Waals surface area contributed by atoms with Gasteiger partial charge in [-0.15, -0.1) is 22.1 Å². The van der Waals surface area contributed by atoms with Crippen LogP contribution < -0.4 is 9.97 Å². The van der Waals surface area contributed by atoms with E-state index >= 15 is 0 Å². The van der Waals surface area contributed by atoms with Crippen LogP contribution in [0.3, 0.4) is 0 Å². The van der Waals surface area contributed by atoms with Gasteiger partial charge in [0.15, 0.2) is 0 Å². The molecule has 6 nitrogen and oxygen atoms in total. The number of aromatic nitrogens is 4. The third-order valence-electron chi connectivity index (χ3n) is 9.46. The Bertz CT molecular complexity index is 2680. The normalized spacial score (nSPS) is 11.6. The zero-order valence-electron chi connectivity index (χ0n) is 31.1. The first-order chi connectivity index (χ1) is 28.8. The van der Waals surface area contributed by atoms with Crippen molar-refractivity contribution in [2.75, 3.05) is 0 Å². The Kier molecular flexibility index (Phi) is 13.7. The van der Waals surface area contributed by atoms with Gasteiger partial charge in [-0.25, -0.2) is 9.97 Å². The number of hydrogen-bond donors (Lipinski definition) is 1. The zero-order chi connectivity index (χ0) is 42.4. The van der Waals surface area contributed by atoms with Crippen LogP contribution in [0.1, 0.15) is 29.7 Å². The van der Waals surface area contributed by atoms with Crippen molar-refractivity contribution in [2.24, 2.45) is 0 Å². The van der Waals surface area contributed by atoms with E-state index in [1.54, 1.807) is 72.8 Å². The van der Waals surface area contributed by atoms with Gasteiger partial charge in [0.2, 0.25) is 0 Å². The molecule has 0 aliphatic carbocycles. The third kappa shape index (κ3) is 8.75. The SMILES string of the molecule is CC(=O)O.Clc1cccc(Cl)c1-c1c2nc(c(-c3c(Cl)cccc3Cl)c3ccc([n-]3)c(-c3c(Cl)cccc3Cl)c3nc(c(-c4c(Cl)cccc4Cl)c4ccc1[n-]4)C=C3)C=C2.[Mn+2]. The fourth-order valence-electron chi connectivity index (χ4n) is 7.06. The molecular weight excluding hydrogens is 979 g/mol. The van der Waals surface area contributed by atoms with E-state index in [0.29, 0.717) is 130 Å². The topological polar surface area (TPSA) is 91.3 Å². The van der Waals surface area contributed by atoms with Gasteiger partial charge in [0.25, 0.3) is 5.97 Å². The molecule has 1 radical (unpaired) electrons. The minimum atomic E-state index is -0.833. The van der Waals surface area contributed by atoms with Crippen molar-refractivity contribution in [1.29, 1.82) is 0 Å². The van der Waals surface area contributed by atoms with Crippen LogP contribution in [-0.2, 0) is 21.9 Å². The molecular formula is C46H24Cl8MnN4O2. The molecule has 0 amide bonds. The number of hydrogen-bond acceptors (Lipinski definition) is 3. The standard InChI is InChI=1S/C44H20Cl8N4.C2H4O2.Mn/c45-21-5-1-6-22(46)37(21)41-29-13-15-31(53-29)42(38-23(47)7-2-8-24(38)48)33-17-19-35(55-33)44(40-27(51)11-4-12-28(40)52)36-20-18-34(56-36)43(32-16-14-30(41)54-32)39-25(49)9-3-10-26(39)50;1-2(3)4;/h1-20H;1H3,(H,3,4);/q-2;;+2. The van der Waals surface area contributed by atoms with Crippen LogP contribution in [0.25, 0.3) is 90.9 Å². The molecule has 7 aromatic rings. The number of carboxylic acid groups (broad SMARTS) is 1. The molecule has 2 aliphatic rings. The average Bonchev–Trinajstić information content (AvgIpc) is 4.03. The summed E-state index contributed by atoms with van der Waals surface area (Å²) in [5.74, 6) is -0.833. The van der Waals surface area contributed by atoms with Crippen LogP contribution >= 0.6 is 92.8 Å². The zero-order valence-corrected chi connectivity index (χ0v) is 38.3. The molecule has 4 aromatic carbocycles. The molecule has 5 heterocycles. The molecule has 303 valence electrons. The maximum atomic E-state index is 9.00. The Hall–Kier alpha value is -4.21. The first-order valence-corrected chi connectivity index (χ1v) is 20.9. The van der Waals surface area contributed by atoms with E-state index < -0.39 is 5.97 Å². The van der Waals surface area contributed by atoms with Crippen molar-refractivity contribution in [3.05, 3.63) is 160 Å². The second kappa shape index (κ2) is 18.6. The molecule has 0 spiro atoms. The van der Waals surface area contributed by atoms with Crippen molar-refractivity contribution < 1.29 is 27.0 Å². The number of carbonyl (C=O) groups is 1. The summed E-state index contributed by atoms with van der Waals surface area (Å²) in [7, 11) is 0. The molecule has 9 rings (SSSR count). The maximum absolute atomic E-state index is 9.00. The van der Waals surface area contributed by atoms with Crippen molar-refractivity contribution in [3.8, 4) is 44.5 Å². The number of rotatable bonds is 4. The van der Waals surface area contributed by atoms with E-state index in [9.17, 15) is 0 Å². The molecule has 1 N–H and O–H groups in total. The smallest absolute Gasteiger partial charge is 0.657 e. The summed E-state index contributed by atoms with van der Waals surface area (Å²) < 4.78 is 0. The second-order valence-electron chi connectivity index (χ2n) is 13.3.